The Labute approximate surface area is 308 Å². The monoisotopic (exact) mass is 676 g/mol. The van der Waals surface area contributed by atoms with Crippen LogP contribution < -0.4 is 4.74 Å². The van der Waals surface area contributed by atoms with Crippen LogP contribution in [-0.4, -0.2) is 0 Å². The molecule has 2 heterocycles. The molecule has 248 valence electrons. The normalized spacial score (nSPS) is 13.2. The van der Waals surface area contributed by atoms with E-state index in [1.807, 2.05) is 0 Å². The Morgan fingerprint density at radius 3 is 1.77 bits per heavy atom. The third kappa shape index (κ3) is 4.39. The van der Waals surface area contributed by atoms with Gasteiger partial charge >= 0.3 is 0 Å². The molecule has 0 radical (unpaired) electrons. The van der Waals surface area contributed by atoms with E-state index in [2.05, 4.69) is 194 Å². The summed E-state index contributed by atoms with van der Waals surface area (Å²) in [7, 11) is 0. The van der Waals surface area contributed by atoms with Crippen molar-refractivity contribution in [3.05, 3.63) is 216 Å². The smallest absolute Gasteiger partial charge is 0.135 e. The van der Waals surface area contributed by atoms with Crippen molar-refractivity contribution < 1.29 is 9.15 Å². The lowest BCUT2D eigenvalue weighted by atomic mass is 9.66. The van der Waals surface area contributed by atoms with E-state index in [4.69, 9.17) is 9.15 Å². The minimum Gasteiger partial charge on any atom is -0.457 e. The van der Waals surface area contributed by atoms with Crippen LogP contribution in [0.3, 0.4) is 0 Å². The van der Waals surface area contributed by atoms with Crippen LogP contribution >= 0.6 is 0 Å². The highest BCUT2D eigenvalue weighted by molar-refractivity contribution is 6.01. The zero-order chi connectivity index (χ0) is 34.9. The van der Waals surface area contributed by atoms with Crippen LogP contribution in [0.1, 0.15) is 22.3 Å². The van der Waals surface area contributed by atoms with Gasteiger partial charge in [-0.15, -0.1) is 0 Å². The largest absolute Gasteiger partial charge is 0.457 e. The second kappa shape index (κ2) is 11.6. The van der Waals surface area contributed by atoms with Crippen LogP contribution in [0.15, 0.2) is 199 Å². The Bertz CT molecular complexity index is 2830. The van der Waals surface area contributed by atoms with E-state index in [1.165, 1.54) is 44.2 Å². The van der Waals surface area contributed by atoms with Crippen LogP contribution in [0, 0.1) is 0 Å². The van der Waals surface area contributed by atoms with Crippen molar-refractivity contribution in [3.63, 3.8) is 0 Å². The molecular formula is C51H32O2. The summed E-state index contributed by atoms with van der Waals surface area (Å²) < 4.78 is 13.6. The molecule has 1 spiro atoms. The molecule has 0 unspecified atom stereocenters. The Morgan fingerprint density at radius 2 is 0.943 bits per heavy atom. The number of hydrogen-bond donors (Lipinski definition) is 0. The standard InChI is InChI=1S/C51H32O2/c1-2-13-33(14-3-1)35-25-27-39(38-20-12-16-34-15-4-5-17-37(34)38)42(31-35)48-30-29-47(52-48)36-26-28-46-50(32-36)53-49-24-11-10-23-45(49)51(46)43-21-8-6-18-40(43)41-19-7-9-22-44(41)51/h1-32H. The maximum absolute atomic E-state index is 6.86. The van der Waals surface area contributed by atoms with Gasteiger partial charge in [-0.3, -0.25) is 0 Å². The molecule has 1 aliphatic heterocycles. The highest BCUT2D eigenvalue weighted by Gasteiger charge is 2.50. The van der Waals surface area contributed by atoms with Crippen molar-refractivity contribution in [1.29, 1.82) is 0 Å². The molecule has 2 aliphatic rings. The first-order chi connectivity index (χ1) is 26.3. The lowest BCUT2D eigenvalue weighted by Gasteiger charge is -2.39. The maximum Gasteiger partial charge on any atom is 0.135 e. The third-order valence-electron chi connectivity index (χ3n) is 11.2. The molecule has 1 aliphatic carbocycles. The summed E-state index contributed by atoms with van der Waals surface area (Å²) in [4.78, 5) is 0. The van der Waals surface area contributed by atoms with E-state index in [0.717, 1.165) is 56.4 Å². The first kappa shape index (κ1) is 29.8. The van der Waals surface area contributed by atoms with E-state index < -0.39 is 5.41 Å². The summed E-state index contributed by atoms with van der Waals surface area (Å²) in [6.07, 6.45) is 0. The topological polar surface area (TPSA) is 22.4 Å². The van der Waals surface area contributed by atoms with Gasteiger partial charge in [0.15, 0.2) is 0 Å². The van der Waals surface area contributed by atoms with Gasteiger partial charge in [-0.1, -0.05) is 164 Å². The molecule has 1 aromatic heterocycles. The summed E-state index contributed by atoms with van der Waals surface area (Å²) in [6, 6.07) is 69.3. The highest BCUT2D eigenvalue weighted by Crippen LogP contribution is 2.62. The van der Waals surface area contributed by atoms with Crippen molar-refractivity contribution in [2.24, 2.45) is 0 Å². The lowest BCUT2D eigenvalue weighted by Crippen LogP contribution is -2.32. The SMILES string of the molecule is c1ccc(-c2ccc(-c3cccc4ccccc34)c(-c3ccc(-c4ccc5c(c4)Oc4ccccc4C54c5ccccc5-c5ccccc54)o3)c2)cc1. The molecule has 2 nitrogen and oxygen atoms in total. The van der Waals surface area contributed by atoms with Crippen LogP contribution in [0.25, 0.3) is 66.8 Å². The van der Waals surface area contributed by atoms with Gasteiger partial charge in [0.1, 0.15) is 23.0 Å². The molecule has 0 saturated carbocycles. The molecule has 0 amide bonds. The Morgan fingerprint density at radius 1 is 0.321 bits per heavy atom. The minimum absolute atomic E-state index is 0.491. The number of furan rings is 1. The van der Waals surface area contributed by atoms with Crippen molar-refractivity contribution in [1.82, 2.24) is 0 Å². The minimum atomic E-state index is -0.491. The first-order valence-electron chi connectivity index (χ1n) is 18.2. The number of rotatable bonds is 4. The van der Waals surface area contributed by atoms with Gasteiger partial charge < -0.3 is 9.15 Å². The summed E-state index contributed by atoms with van der Waals surface area (Å²) in [5.74, 6) is 3.33. The van der Waals surface area contributed by atoms with Gasteiger partial charge in [0, 0.05) is 22.3 Å². The van der Waals surface area contributed by atoms with Crippen molar-refractivity contribution >= 4 is 10.8 Å². The number of para-hydroxylation sites is 1. The Hall–Kier alpha value is -6.90. The van der Waals surface area contributed by atoms with Gasteiger partial charge in [-0.05, 0) is 85.6 Å². The van der Waals surface area contributed by atoms with Gasteiger partial charge in [0.05, 0.1) is 5.41 Å². The molecule has 0 saturated heterocycles. The van der Waals surface area contributed by atoms with Crippen molar-refractivity contribution in [2.75, 3.05) is 0 Å². The molecule has 0 atom stereocenters. The number of hydrogen-bond acceptors (Lipinski definition) is 2. The van der Waals surface area contributed by atoms with Gasteiger partial charge in [-0.25, -0.2) is 0 Å². The number of fused-ring (bicyclic) bond motifs is 10. The van der Waals surface area contributed by atoms with E-state index in [-0.39, 0.29) is 0 Å². The average molecular weight is 677 g/mol. The summed E-state index contributed by atoms with van der Waals surface area (Å²) >= 11 is 0. The summed E-state index contributed by atoms with van der Waals surface area (Å²) in [5.41, 5.74) is 13.6. The van der Waals surface area contributed by atoms with Crippen LogP contribution in [0.4, 0.5) is 0 Å². The van der Waals surface area contributed by atoms with E-state index in [0.29, 0.717) is 0 Å². The van der Waals surface area contributed by atoms with Crippen LogP contribution in [0.5, 0.6) is 11.5 Å². The second-order valence-corrected chi connectivity index (χ2v) is 14.0. The van der Waals surface area contributed by atoms with E-state index in [9.17, 15) is 0 Å². The third-order valence-corrected chi connectivity index (χ3v) is 11.2. The van der Waals surface area contributed by atoms with Gasteiger partial charge in [0.25, 0.3) is 0 Å². The first-order valence-corrected chi connectivity index (χ1v) is 18.2. The molecule has 0 bridgehead atoms. The van der Waals surface area contributed by atoms with E-state index in [1.54, 1.807) is 0 Å². The Balaban J connectivity index is 1.07. The van der Waals surface area contributed by atoms with Crippen molar-refractivity contribution in [2.45, 2.75) is 5.41 Å². The predicted molar refractivity (Wildman–Crippen MR) is 215 cm³/mol. The predicted octanol–water partition coefficient (Wildman–Crippen LogP) is 13.6. The lowest BCUT2D eigenvalue weighted by molar-refractivity contribution is 0.436. The molecule has 53 heavy (non-hydrogen) atoms. The molecule has 2 heteroatoms. The molecule has 8 aromatic carbocycles. The van der Waals surface area contributed by atoms with Crippen molar-refractivity contribution in [3.8, 4) is 67.5 Å². The van der Waals surface area contributed by atoms with E-state index >= 15 is 0 Å². The van der Waals surface area contributed by atoms with Crippen LogP contribution in [0.2, 0.25) is 0 Å². The van der Waals surface area contributed by atoms with Crippen LogP contribution in [-0.2, 0) is 5.41 Å². The van der Waals surface area contributed by atoms with Gasteiger partial charge in [0.2, 0.25) is 0 Å². The fraction of sp³-hybridized carbons (Fsp3) is 0.0196. The fourth-order valence-electron chi connectivity index (χ4n) is 8.91. The molecule has 11 rings (SSSR count). The highest BCUT2D eigenvalue weighted by atomic mass is 16.5. The molecule has 0 fully saturated rings. The quantitative estimate of drug-likeness (QED) is 0.185. The molecule has 9 aromatic rings. The Kier molecular flexibility index (Phi) is 6.50. The number of ether oxygens (including phenoxy) is 1. The number of benzene rings is 8. The zero-order valence-corrected chi connectivity index (χ0v) is 28.8. The maximum atomic E-state index is 6.86. The molecule has 0 N–H and O–H groups in total. The second-order valence-electron chi connectivity index (χ2n) is 14.0. The zero-order valence-electron chi connectivity index (χ0n) is 28.8. The van der Waals surface area contributed by atoms with Gasteiger partial charge in [-0.2, -0.15) is 0 Å². The average Bonchev–Trinajstić information content (AvgIpc) is 3.84. The molecular weight excluding hydrogens is 645 g/mol. The fourth-order valence-corrected chi connectivity index (χ4v) is 8.91. The summed E-state index contributed by atoms with van der Waals surface area (Å²) in [5, 5.41) is 2.43. The summed E-state index contributed by atoms with van der Waals surface area (Å²) in [6.45, 7) is 0.